The molecule has 0 saturated heterocycles. The predicted octanol–water partition coefficient (Wildman–Crippen LogP) is 1.83. The number of alkyl halides is 1. The van der Waals surface area contributed by atoms with Crippen LogP contribution in [0.15, 0.2) is 42.7 Å². The molecule has 172 valence electrons. The lowest BCUT2D eigenvalue weighted by Crippen LogP contribution is -2.48. The second-order valence-electron chi connectivity index (χ2n) is 6.90. The average Bonchev–Trinajstić information content (AvgIpc) is 2.80. The normalized spacial score (nSPS) is 15.1. The van der Waals surface area contributed by atoms with Gasteiger partial charge in [-0.1, -0.05) is 17.7 Å². The maximum atomic E-state index is 13.6. The monoisotopic (exact) mass is 467 g/mol. The van der Waals surface area contributed by atoms with Gasteiger partial charge < -0.3 is 35.2 Å². The van der Waals surface area contributed by atoms with Crippen LogP contribution in [0.25, 0.3) is 10.9 Å². The Balaban J connectivity index is 1.93. The number of hydrogen-bond acceptors (Lipinski definition) is 9. The summed E-state index contributed by atoms with van der Waals surface area (Å²) in [5.41, 5.74) is 1.16. The van der Waals surface area contributed by atoms with Crippen molar-refractivity contribution in [2.75, 3.05) is 25.6 Å². The zero-order valence-electron chi connectivity index (χ0n) is 17.0. The summed E-state index contributed by atoms with van der Waals surface area (Å²) in [7, 11) is 1.39. The number of aliphatic hydroxyl groups is 4. The molecule has 2 aromatic carbocycles. The van der Waals surface area contributed by atoms with Crippen molar-refractivity contribution in [3.63, 3.8) is 0 Å². The van der Waals surface area contributed by atoms with Crippen molar-refractivity contribution in [1.29, 1.82) is 0 Å². The Morgan fingerprint density at radius 2 is 1.84 bits per heavy atom. The molecule has 1 aromatic heterocycles. The van der Waals surface area contributed by atoms with Crippen LogP contribution in [-0.4, -0.2) is 75.2 Å². The predicted molar refractivity (Wildman–Crippen MR) is 116 cm³/mol. The molecular formula is C21H23ClFN3O6. The third kappa shape index (κ3) is 5.34. The number of methoxy groups -OCH3 is 1. The number of aromatic nitrogens is 2. The Morgan fingerprint density at radius 3 is 2.50 bits per heavy atom. The fourth-order valence-electron chi connectivity index (χ4n) is 3.04. The standard InChI is InChI=1S/C21H23ClFN3O6/c1-31-16-6-13-15(24-10-25-21(13)26-12-4-2-3-11(22)5-12)7-17(16)32-18(9-28)20(30)19(29)14(23)8-27/h2-7,10,14,18-20,27-30H,8-9H2,1H3,(H,24,25,26)/t14-,18-,19+,20+/m1/s1. The Hall–Kier alpha value is -2.76. The molecule has 0 radical (unpaired) electrons. The molecule has 32 heavy (non-hydrogen) atoms. The Bertz CT molecular complexity index is 1060. The highest BCUT2D eigenvalue weighted by Crippen LogP contribution is 2.36. The quantitative estimate of drug-likeness (QED) is 0.302. The van der Waals surface area contributed by atoms with Crippen LogP contribution in [0.5, 0.6) is 11.5 Å². The molecule has 0 bridgehead atoms. The molecule has 0 fully saturated rings. The minimum atomic E-state index is -2.10. The van der Waals surface area contributed by atoms with E-state index in [1.807, 2.05) is 6.07 Å². The van der Waals surface area contributed by atoms with E-state index in [9.17, 15) is 19.7 Å². The summed E-state index contributed by atoms with van der Waals surface area (Å²) in [5.74, 6) is 0.789. The van der Waals surface area contributed by atoms with Crippen molar-refractivity contribution < 1.29 is 34.3 Å². The van der Waals surface area contributed by atoms with Crippen LogP contribution >= 0.6 is 11.6 Å². The van der Waals surface area contributed by atoms with Gasteiger partial charge in [0.05, 0.1) is 25.8 Å². The number of nitrogens with one attached hydrogen (secondary N) is 1. The molecule has 3 aromatic rings. The summed E-state index contributed by atoms with van der Waals surface area (Å²) >= 11 is 6.03. The summed E-state index contributed by atoms with van der Waals surface area (Å²) in [6.07, 6.45) is -5.93. The summed E-state index contributed by atoms with van der Waals surface area (Å²) in [4.78, 5) is 8.47. The zero-order chi connectivity index (χ0) is 23.3. The number of anilines is 2. The summed E-state index contributed by atoms with van der Waals surface area (Å²) in [6, 6.07) is 10.2. The summed E-state index contributed by atoms with van der Waals surface area (Å²) < 4.78 is 24.5. The van der Waals surface area contributed by atoms with Crippen molar-refractivity contribution in [2.24, 2.45) is 0 Å². The molecule has 0 saturated carbocycles. The first-order chi connectivity index (χ1) is 15.4. The lowest BCUT2D eigenvalue weighted by Gasteiger charge is -2.28. The van der Waals surface area contributed by atoms with Gasteiger partial charge in [0, 0.05) is 22.2 Å². The van der Waals surface area contributed by atoms with Gasteiger partial charge in [-0.2, -0.15) is 0 Å². The van der Waals surface area contributed by atoms with E-state index in [2.05, 4.69) is 15.3 Å². The van der Waals surface area contributed by atoms with Gasteiger partial charge in [0.1, 0.15) is 24.4 Å². The van der Waals surface area contributed by atoms with Crippen LogP contribution in [0.2, 0.25) is 5.02 Å². The summed E-state index contributed by atoms with van der Waals surface area (Å²) in [6.45, 7) is -1.72. The maximum Gasteiger partial charge on any atom is 0.164 e. The number of nitrogens with zero attached hydrogens (tertiary/aromatic N) is 2. The van der Waals surface area contributed by atoms with Crippen molar-refractivity contribution in [3.8, 4) is 11.5 Å². The van der Waals surface area contributed by atoms with Crippen LogP contribution in [0.1, 0.15) is 0 Å². The molecule has 4 atom stereocenters. The van der Waals surface area contributed by atoms with Gasteiger partial charge in [-0.05, 0) is 24.3 Å². The van der Waals surface area contributed by atoms with E-state index in [-0.39, 0.29) is 11.5 Å². The van der Waals surface area contributed by atoms with E-state index in [0.717, 1.165) is 0 Å². The molecule has 9 nitrogen and oxygen atoms in total. The van der Waals surface area contributed by atoms with Crippen molar-refractivity contribution in [3.05, 3.63) is 47.7 Å². The van der Waals surface area contributed by atoms with E-state index in [0.29, 0.717) is 27.4 Å². The van der Waals surface area contributed by atoms with Gasteiger partial charge >= 0.3 is 0 Å². The second-order valence-corrected chi connectivity index (χ2v) is 7.33. The van der Waals surface area contributed by atoms with Crippen molar-refractivity contribution in [1.82, 2.24) is 9.97 Å². The van der Waals surface area contributed by atoms with Crippen LogP contribution < -0.4 is 14.8 Å². The maximum absolute atomic E-state index is 13.6. The Morgan fingerprint density at radius 1 is 1.06 bits per heavy atom. The number of aliphatic hydroxyl groups excluding tert-OH is 4. The summed E-state index contributed by atoms with van der Waals surface area (Å²) in [5, 5.41) is 42.7. The van der Waals surface area contributed by atoms with Gasteiger partial charge in [-0.15, -0.1) is 0 Å². The van der Waals surface area contributed by atoms with Gasteiger partial charge in [-0.3, -0.25) is 0 Å². The van der Waals surface area contributed by atoms with E-state index in [1.54, 1.807) is 24.3 Å². The molecule has 0 amide bonds. The van der Waals surface area contributed by atoms with E-state index >= 15 is 0 Å². The smallest absolute Gasteiger partial charge is 0.164 e. The van der Waals surface area contributed by atoms with E-state index in [4.69, 9.17) is 26.2 Å². The first kappa shape index (κ1) is 23.9. The van der Waals surface area contributed by atoms with Crippen molar-refractivity contribution >= 4 is 34.0 Å². The molecular weight excluding hydrogens is 445 g/mol. The number of fused-ring (bicyclic) bond motifs is 1. The van der Waals surface area contributed by atoms with Gasteiger partial charge in [0.25, 0.3) is 0 Å². The first-order valence-electron chi connectivity index (χ1n) is 9.61. The molecule has 3 rings (SSSR count). The topological polar surface area (TPSA) is 137 Å². The number of benzene rings is 2. The van der Waals surface area contributed by atoms with Crippen LogP contribution in [-0.2, 0) is 0 Å². The number of rotatable bonds is 10. The number of halogens is 2. The highest BCUT2D eigenvalue weighted by Gasteiger charge is 2.34. The molecule has 0 aliphatic carbocycles. The van der Waals surface area contributed by atoms with E-state index in [1.165, 1.54) is 19.5 Å². The number of hydrogen-bond donors (Lipinski definition) is 5. The third-order valence-corrected chi connectivity index (χ3v) is 4.98. The van der Waals surface area contributed by atoms with Crippen LogP contribution in [0.3, 0.4) is 0 Å². The highest BCUT2D eigenvalue weighted by molar-refractivity contribution is 6.30. The van der Waals surface area contributed by atoms with Gasteiger partial charge in [0.15, 0.2) is 23.8 Å². The van der Waals surface area contributed by atoms with Gasteiger partial charge in [0.2, 0.25) is 0 Å². The molecule has 0 aliphatic heterocycles. The van der Waals surface area contributed by atoms with Crippen LogP contribution in [0.4, 0.5) is 15.9 Å². The molecule has 1 heterocycles. The minimum Gasteiger partial charge on any atom is -0.493 e. The zero-order valence-corrected chi connectivity index (χ0v) is 17.8. The molecule has 5 N–H and O–H groups in total. The Labute approximate surface area is 188 Å². The fraction of sp³-hybridized carbons (Fsp3) is 0.333. The van der Waals surface area contributed by atoms with E-state index < -0.39 is 37.7 Å². The minimum absolute atomic E-state index is 0.0945. The molecule has 0 aliphatic rings. The molecule has 0 spiro atoms. The SMILES string of the molecule is COc1cc2c(Nc3cccc(Cl)c3)ncnc2cc1O[C@H](CO)[C@H](O)[C@@H](O)[C@H](F)CO. The Kier molecular flexibility index (Phi) is 7.99. The number of ether oxygens (including phenoxy) is 2. The van der Waals surface area contributed by atoms with Crippen molar-refractivity contribution in [2.45, 2.75) is 24.5 Å². The fourth-order valence-corrected chi connectivity index (χ4v) is 3.23. The molecule has 11 heteroatoms. The lowest BCUT2D eigenvalue weighted by molar-refractivity contribution is -0.0981. The highest BCUT2D eigenvalue weighted by atomic mass is 35.5. The molecule has 0 unspecified atom stereocenters. The largest absolute Gasteiger partial charge is 0.493 e. The lowest BCUT2D eigenvalue weighted by atomic mass is 10.0. The first-order valence-corrected chi connectivity index (χ1v) is 9.99. The van der Waals surface area contributed by atoms with Gasteiger partial charge in [-0.25, -0.2) is 14.4 Å². The average molecular weight is 468 g/mol. The second kappa shape index (κ2) is 10.7. The third-order valence-electron chi connectivity index (χ3n) is 4.74. The van der Waals surface area contributed by atoms with Crippen LogP contribution in [0, 0.1) is 0 Å².